The molecular weight excluding hydrogens is 521 g/mol. The lowest BCUT2D eigenvalue weighted by molar-refractivity contribution is 0.921. The van der Waals surface area contributed by atoms with Crippen molar-refractivity contribution >= 4 is 56.7 Å². The van der Waals surface area contributed by atoms with Crippen LogP contribution in [0.2, 0.25) is 0 Å². The van der Waals surface area contributed by atoms with Crippen molar-refractivity contribution in [1.29, 1.82) is 10.5 Å². The minimum atomic E-state index is 0.134. The van der Waals surface area contributed by atoms with Gasteiger partial charge in [0.1, 0.15) is 35.4 Å². The molecule has 0 aliphatic carbocycles. The third-order valence-electron chi connectivity index (χ3n) is 5.46. The lowest BCUT2D eigenvalue weighted by Crippen LogP contribution is -1.95. The van der Waals surface area contributed by atoms with Crippen LogP contribution in [-0.4, -0.2) is 0 Å². The highest BCUT2D eigenvalue weighted by Gasteiger charge is 2.10. The van der Waals surface area contributed by atoms with Gasteiger partial charge in [-0.05, 0) is 60.4 Å². The van der Waals surface area contributed by atoms with Gasteiger partial charge in [0.15, 0.2) is 0 Å². The van der Waals surface area contributed by atoms with E-state index in [1.54, 1.807) is 22.7 Å². The van der Waals surface area contributed by atoms with Gasteiger partial charge in [-0.15, -0.1) is 45.3 Å². The molecule has 0 bridgehead atoms. The van der Waals surface area contributed by atoms with Crippen LogP contribution in [0.4, 0.5) is 0 Å². The molecule has 176 valence electrons. The normalized spacial score (nSPS) is 13.3. The summed E-state index contributed by atoms with van der Waals surface area (Å²) in [5.41, 5.74) is 2.54. The Morgan fingerprint density at radius 3 is 1.61 bits per heavy atom. The Bertz CT molecular complexity index is 1850. The van der Waals surface area contributed by atoms with Crippen LogP contribution in [0.15, 0.2) is 36.4 Å². The summed E-state index contributed by atoms with van der Waals surface area (Å²) in [5.74, 6) is 0.134. The summed E-state index contributed by atoms with van der Waals surface area (Å²) in [4.78, 5) is 6.81. The van der Waals surface area contributed by atoms with E-state index in [0.29, 0.717) is 0 Å². The van der Waals surface area contributed by atoms with Gasteiger partial charge >= 0.3 is 5.82 Å². The molecule has 0 spiro atoms. The molecule has 4 aromatic heterocycles. The molecule has 4 nitrogen and oxygen atoms in total. The highest BCUT2D eigenvalue weighted by Crippen LogP contribution is 2.20. The van der Waals surface area contributed by atoms with Crippen LogP contribution in [0.5, 0.6) is 0 Å². The van der Waals surface area contributed by atoms with Crippen molar-refractivity contribution in [3.63, 3.8) is 0 Å². The topological polar surface area (TPSA) is 56.3 Å². The molecule has 0 aromatic carbocycles. The maximum absolute atomic E-state index is 9.31. The molecule has 0 atom stereocenters. The molecule has 4 heterocycles. The fourth-order valence-corrected chi connectivity index (χ4v) is 8.57. The molecule has 0 aliphatic heterocycles. The third-order valence-corrected chi connectivity index (χ3v) is 10.6. The van der Waals surface area contributed by atoms with Crippen molar-refractivity contribution in [2.24, 2.45) is 0 Å². The van der Waals surface area contributed by atoms with Gasteiger partial charge in [-0.3, -0.25) is 0 Å². The predicted molar refractivity (Wildman–Crippen MR) is 149 cm³/mol. The predicted octanol–water partition coefficient (Wildman–Crippen LogP) is 6.80. The molecule has 8 heteroatoms. The molecule has 4 aromatic rings. The first-order valence-electron chi connectivity index (χ1n) is 11.3. The summed E-state index contributed by atoms with van der Waals surface area (Å²) in [7, 11) is 0. The molecular formula is C28H20N4S4. The van der Waals surface area contributed by atoms with E-state index in [0.717, 1.165) is 52.9 Å². The maximum Gasteiger partial charge on any atom is 0.536 e. The number of rotatable bonds is 4. The molecule has 0 radical (unpaired) electrons. The highest BCUT2D eigenvalue weighted by molar-refractivity contribution is 7.14. The minimum Gasteiger partial charge on any atom is -0.192 e. The van der Waals surface area contributed by atoms with Gasteiger partial charge in [-0.25, -0.2) is 0 Å². The second-order valence-corrected chi connectivity index (χ2v) is 12.2. The van der Waals surface area contributed by atoms with Crippen LogP contribution < -0.4 is 9.06 Å². The molecule has 0 saturated heterocycles. The Kier molecular flexibility index (Phi) is 8.17. The van der Waals surface area contributed by atoms with Crippen LogP contribution >= 0.6 is 45.3 Å². The van der Waals surface area contributed by atoms with Gasteiger partial charge in [0.2, 0.25) is 0 Å². The number of thiophene rings is 4. The first kappa shape index (κ1) is 25.6. The summed E-state index contributed by atoms with van der Waals surface area (Å²) in [6.07, 6.45) is 3.81. The van der Waals surface area contributed by atoms with Crippen LogP contribution in [0.3, 0.4) is 0 Å². The molecule has 0 aliphatic rings. The fraction of sp³-hybridized carbons (Fsp3) is 0.214. The lowest BCUT2D eigenvalue weighted by Gasteiger charge is -1.90. The van der Waals surface area contributed by atoms with Gasteiger partial charge in [-0.1, -0.05) is 26.7 Å². The number of aryl methyl sites for hydroxylation is 2. The van der Waals surface area contributed by atoms with Crippen molar-refractivity contribution in [2.75, 3.05) is 0 Å². The summed E-state index contributed by atoms with van der Waals surface area (Å²) < 4.78 is 8.41. The first-order valence-corrected chi connectivity index (χ1v) is 14.6. The van der Waals surface area contributed by atoms with E-state index < -0.39 is 0 Å². The van der Waals surface area contributed by atoms with Crippen LogP contribution in [0.25, 0.3) is 21.1 Å². The summed E-state index contributed by atoms with van der Waals surface area (Å²) in [5, 5.41) is 18.6. The lowest BCUT2D eigenvalue weighted by atomic mass is 10.1. The molecule has 4 rings (SSSR count). The van der Waals surface area contributed by atoms with Crippen LogP contribution in [-0.2, 0) is 12.8 Å². The SMILES string of the molecule is [C-]#[N+]C([N+]#[C-])=c1cc(CCC)/c(=c2/cc/c(=c3/cc/c(=c4\sc(=C(C#N)C#N)cc4CCC)s3)s2)s1. The Morgan fingerprint density at radius 2 is 1.17 bits per heavy atom. The summed E-state index contributed by atoms with van der Waals surface area (Å²) in [6, 6.07) is 16.6. The van der Waals surface area contributed by atoms with Crippen molar-refractivity contribution in [3.05, 3.63) is 107 Å². The highest BCUT2D eigenvalue weighted by atomic mass is 32.1. The van der Waals surface area contributed by atoms with Crippen LogP contribution in [0.1, 0.15) is 37.8 Å². The molecule has 0 N–H and O–H groups in total. The Labute approximate surface area is 224 Å². The molecule has 36 heavy (non-hydrogen) atoms. The third kappa shape index (κ3) is 5.05. The standard InChI is InChI=1S/C28H20N4S4/c1-5-7-17-13-24(19(15-29)16-30)35-26(17)22-11-9-20(33-22)21-10-12-23(34-21)27-18(8-6-2)14-25(36-27)28(31-3)32-4/h9-14H,5-8H2,1-2H3/b21-20+,26-22+,27-23+. The van der Waals surface area contributed by atoms with E-state index in [2.05, 4.69) is 47.8 Å². The second-order valence-electron chi connectivity index (χ2n) is 7.90. The quantitative estimate of drug-likeness (QED) is 0.267. The zero-order valence-electron chi connectivity index (χ0n) is 19.7. The number of hydrogen-bond donors (Lipinski definition) is 0. The zero-order chi connectivity index (χ0) is 25.7. The molecule has 0 amide bonds. The van der Waals surface area contributed by atoms with Crippen LogP contribution in [0, 0.1) is 63.0 Å². The van der Waals surface area contributed by atoms with Crippen molar-refractivity contribution in [1.82, 2.24) is 0 Å². The van der Waals surface area contributed by atoms with Crippen molar-refractivity contribution < 1.29 is 0 Å². The Morgan fingerprint density at radius 1 is 0.722 bits per heavy atom. The number of nitriles is 2. The smallest absolute Gasteiger partial charge is 0.192 e. The number of nitrogens with zero attached hydrogens (tertiary/aromatic N) is 4. The zero-order valence-corrected chi connectivity index (χ0v) is 23.0. The van der Waals surface area contributed by atoms with E-state index in [4.69, 9.17) is 13.1 Å². The van der Waals surface area contributed by atoms with E-state index in [1.807, 2.05) is 24.3 Å². The van der Waals surface area contributed by atoms with Gasteiger partial charge in [0.05, 0.1) is 4.53 Å². The van der Waals surface area contributed by atoms with Gasteiger partial charge in [0.25, 0.3) is 0 Å². The largest absolute Gasteiger partial charge is 0.536 e. The average molecular weight is 541 g/mol. The van der Waals surface area contributed by atoms with Gasteiger partial charge in [0, 0.05) is 27.2 Å². The Balaban J connectivity index is 2.04. The average Bonchev–Trinajstić information content (AvgIpc) is 3.67. The number of hydrogen-bond acceptors (Lipinski definition) is 6. The fourth-order valence-electron chi connectivity index (χ4n) is 3.87. The summed E-state index contributed by atoms with van der Waals surface area (Å²) >= 11 is 6.51. The first-order chi connectivity index (χ1) is 17.6. The molecule has 0 fully saturated rings. The molecule has 0 unspecified atom stereocenters. The van der Waals surface area contributed by atoms with Crippen molar-refractivity contribution in [3.8, 4) is 12.1 Å². The minimum absolute atomic E-state index is 0.134. The van der Waals surface area contributed by atoms with E-state index >= 15 is 0 Å². The molecule has 0 saturated carbocycles. The Hall–Kier alpha value is -3.50. The van der Waals surface area contributed by atoms with E-state index in [1.165, 1.54) is 42.9 Å². The van der Waals surface area contributed by atoms with Gasteiger partial charge < -0.3 is 0 Å². The second kappa shape index (κ2) is 11.5. The van der Waals surface area contributed by atoms with E-state index in [-0.39, 0.29) is 11.4 Å². The maximum atomic E-state index is 9.31. The van der Waals surface area contributed by atoms with Gasteiger partial charge in [-0.2, -0.15) is 20.2 Å². The monoisotopic (exact) mass is 540 g/mol. The summed E-state index contributed by atoms with van der Waals surface area (Å²) in [6.45, 7) is 18.9. The van der Waals surface area contributed by atoms with E-state index in [9.17, 15) is 10.5 Å². The van der Waals surface area contributed by atoms with Crippen molar-refractivity contribution in [2.45, 2.75) is 39.5 Å².